The number of ether oxygens (including phenoxy) is 1. The predicted octanol–water partition coefficient (Wildman–Crippen LogP) is 1.18. The highest BCUT2D eigenvalue weighted by Gasteiger charge is 2.24. The van der Waals surface area contributed by atoms with Crippen LogP contribution in [0.15, 0.2) is 54.7 Å². The number of imidazole rings is 1. The first-order valence-corrected chi connectivity index (χ1v) is 9.68. The topological polar surface area (TPSA) is 89.8 Å². The largest absolute Gasteiger partial charge is 0.421 e. The molecular weight excluding hydrogens is 386 g/mol. The van der Waals surface area contributed by atoms with E-state index in [4.69, 9.17) is 9.57 Å². The molecule has 1 saturated heterocycles. The molecule has 2 aliphatic rings. The van der Waals surface area contributed by atoms with Gasteiger partial charge in [-0.25, -0.2) is 19.6 Å². The maximum absolute atomic E-state index is 12.1. The number of carbonyl (C=O) groups is 2. The lowest BCUT2D eigenvalue weighted by Gasteiger charge is -2.35. The van der Waals surface area contributed by atoms with Gasteiger partial charge in [0, 0.05) is 44.5 Å². The Morgan fingerprint density at radius 2 is 1.77 bits per heavy atom. The molecule has 0 spiro atoms. The number of hydrogen-bond acceptors (Lipinski definition) is 8. The first kappa shape index (κ1) is 18.3. The standard InChI is InChI=1S/C21H19N5O4/c27-19-7-8-20(28)30-26-15-4-3-5-16(29-19)21(15)23-18(26)14-24-10-12-25(13-11-24)17-6-1-2-9-22-17/h1-9H,10-14H2/b8-7-. The van der Waals surface area contributed by atoms with Gasteiger partial charge in [-0.1, -0.05) is 12.1 Å². The Labute approximate surface area is 172 Å². The van der Waals surface area contributed by atoms with Crippen molar-refractivity contribution in [1.29, 1.82) is 0 Å². The number of rotatable bonds is 3. The van der Waals surface area contributed by atoms with Crippen LogP contribution in [-0.4, -0.2) is 57.7 Å². The first-order valence-electron chi connectivity index (χ1n) is 9.68. The number of para-hydroxylation sites is 1. The summed E-state index contributed by atoms with van der Waals surface area (Å²) in [5, 5.41) is 0. The lowest BCUT2D eigenvalue weighted by Crippen LogP contribution is -2.46. The molecule has 152 valence electrons. The zero-order valence-electron chi connectivity index (χ0n) is 16.1. The van der Waals surface area contributed by atoms with Crippen molar-refractivity contribution < 1.29 is 19.2 Å². The summed E-state index contributed by atoms with van der Waals surface area (Å²) in [5.74, 6) is 0.557. The van der Waals surface area contributed by atoms with Crippen LogP contribution in [0.4, 0.5) is 5.82 Å². The van der Waals surface area contributed by atoms with E-state index in [0.717, 1.165) is 44.1 Å². The zero-order chi connectivity index (χ0) is 20.5. The minimum atomic E-state index is -0.667. The highest BCUT2D eigenvalue weighted by Crippen LogP contribution is 2.27. The second-order valence-electron chi connectivity index (χ2n) is 7.06. The molecule has 0 amide bonds. The SMILES string of the molecule is O=C1/C=C\C(=O)On2c(CN3CCN(c4ccccn4)CC3)nc3c(cccc32)O1. The minimum absolute atomic E-state index is 0.333. The fraction of sp³-hybridized carbons (Fsp3) is 0.238. The Balaban J connectivity index is 1.40. The molecule has 0 radical (unpaired) electrons. The van der Waals surface area contributed by atoms with Crippen molar-refractivity contribution in [1.82, 2.24) is 19.6 Å². The summed E-state index contributed by atoms with van der Waals surface area (Å²) >= 11 is 0. The molecule has 2 aliphatic heterocycles. The quantitative estimate of drug-likeness (QED) is 0.474. The summed E-state index contributed by atoms with van der Waals surface area (Å²) in [4.78, 5) is 43.0. The van der Waals surface area contributed by atoms with E-state index in [0.29, 0.717) is 29.2 Å². The van der Waals surface area contributed by atoms with Gasteiger partial charge in [0.2, 0.25) is 0 Å². The average molecular weight is 405 g/mol. The van der Waals surface area contributed by atoms with E-state index >= 15 is 0 Å². The van der Waals surface area contributed by atoms with Gasteiger partial charge in [0.1, 0.15) is 16.9 Å². The molecule has 0 aliphatic carbocycles. The van der Waals surface area contributed by atoms with Gasteiger partial charge < -0.3 is 14.5 Å². The van der Waals surface area contributed by atoms with Gasteiger partial charge in [0.25, 0.3) is 0 Å². The molecule has 0 saturated carbocycles. The van der Waals surface area contributed by atoms with Crippen LogP contribution < -0.4 is 14.5 Å². The van der Waals surface area contributed by atoms with E-state index in [1.54, 1.807) is 24.4 Å². The molecule has 0 atom stereocenters. The van der Waals surface area contributed by atoms with E-state index in [2.05, 4.69) is 19.8 Å². The van der Waals surface area contributed by atoms with Crippen molar-refractivity contribution in [2.75, 3.05) is 31.1 Å². The number of piperazine rings is 1. The predicted molar refractivity (Wildman–Crippen MR) is 108 cm³/mol. The van der Waals surface area contributed by atoms with Crippen LogP contribution in [0.3, 0.4) is 0 Å². The van der Waals surface area contributed by atoms with Crippen molar-refractivity contribution in [2.24, 2.45) is 0 Å². The summed E-state index contributed by atoms with van der Waals surface area (Å²) in [6.45, 7) is 3.80. The smallest absolute Gasteiger partial charge is 0.356 e. The molecule has 9 nitrogen and oxygen atoms in total. The number of hydrogen-bond donors (Lipinski definition) is 0. The number of carbonyl (C=O) groups excluding carboxylic acids is 2. The van der Waals surface area contributed by atoms with Crippen molar-refractivity contribution in [3.8, 4) is 5.75 Å². The zero-order valence-corrected chi connectivity index (χ0v) is 16.1. The summed E-state index contributed by atoms with van der Waals surface area (Å²) in [7, 11) is 0. The summed E-state index contributed by atoms with van der Waals surface area (Å²) in [6, 6.07) is 11.1. The fourth-order valence-corrected chi connectivity index (χ4v) is 3.66. The molecule has 9 heteroatoms. The van der Waals surface area contributed by atoms with Crippen LogP contribution in [0.2, 0.25) is 0 Å². The first-order chi connectivity index (χ1) is 14.7. The van der Waals surface area contributed by atoms with Gasteiger partial charge in [-0.05, 0) is 24.3 Å². The molecular formula is C21H19N5O4. The Kier molecular flexibility index (Phi) is 4.64. The second kappa shape index (κ2) is 7.60. The van der Waals surface area contributed by atoms with Gasteiger partial charge in [0.05, 0.1) is 6.54 Å². The number of anilines is 1. The fourth-order valence-electron chi connectivity index (χ4n) is 3.66. The summed E-state index contributed by atoms with van der Waals surface area (Å²) < 4.78 is 6.76. The number of benzene rings is 1. The lowest BCUT2D eigenvalue weighted by molar-refractivity contribution is -0.139. The molecule has 1 aromatic carbocycles. The molecule has 4 heterocycles. The lowest BCUT2D eigenvalue weighted by atomic mass is 10.3. The van der Waals surface area contributed by atoms with E-state index in [9.17, 15) is 9.59 Å². The van der Waals surface area contributed by atoms with Crippen LogP contribution in [0.5, 0.6) is 5.75 Å². The normalized spacial score (nSPS) is 18.3. The molecule has 5 rings (SSSR count). The van der Waals surface area contributed by atoms with Crippen LogP contribution in [-0.2, 0) is 16.1 Å². The third kappa shape index (κ3) is 3.50. The third-order valence-electron chi connectivity index (χ3n) is 5.13. The number of pyridine rings is 1. The van der Waals surface area contributed by atoms with Gasteiger partial charge in [-0.3, -0.25) is 4.90 Å². The Morgan fingerprint density at radius 3 is 2.57 bits per heavy atom. The maximum atomic E-state index is 12.1. The second-order valence-corrected chi connectivity index (χ2v) is 7.06. The molecule has 2 aromatic heterocycles. The highest BCUT2D eigenvalue weighted by atomic mass is 16.7. The van der Waals surface area contributed by atoms with Crippen molar-refractivity contribution >= 4 is 28.8 Å². The highest BCUT2D eigenvalue weighted by molar-refractivity contribution is 5.95. The minimum Gasteiger partial charge on any atom is -0.421 e. The van der Waals surface area contributed by atoms with Gasteiger partial charge in [-0.2, -0.15) is 4.73 Å². The van der Waals surface area contributed by atoms with Crippen molar-refractivity contribution in [3.63, 3.8) is 0 Å². The molecule has 0 unspecified atom stereocenters. The third-order valence-corrected chi connectivity index (χ3v) is 5.13. The van der Waals surface area contributed by atoms with E-state index in [1.165, 1.54) is 4.73 Å². The van der Waals surface area contributed by atoms with Gasteiger partial charge >= 0.3 is 11.9 Å². The Morgan fingerprint density at radius 1 is 0.933 bits per heavy atom. The summed E-state index contributed by atoms with van der Waals surface area (Å²) in [5.41, 5.74) is 1.06. The van der Waals surface area contributed by atoms with Crippen LogP contribution >= 0.6 is 0 Å². The van der Waals surface area contributed by atoms with Crippen LogP contribution in [0.1, 0.15) is 5.82 Å². The Bertz CT molecular complexity index is 1130. The van der Waals surface area contributed by atoms with Crippen LogP contribution in [0.25, 0.3) is 11.0 Å². The number of esters is 1. The molecule has 0 N–H and O–H groups in total. The summed E-state index contributed by atoms with van der Waals surface area (Å²) in [6.07, 6.45) is 3.89. The number of nitrogens with zero attached hydrogens (tertiary/aromatic N) is 5. The van der Waals surface area contributed by atoms with Crippen LogP contribution in [0, 0.1) is 0 Å². The van der Waals surface area contributed by atoms with Gasteiger partial charge in [-0.15, -0.1) is 0 Å². The molecule has 4 bridgehead atoms. The van der Waals surface area contributed by atoms with Crippen molar-refractivity contribution in [2.45, 2.75) is 6.54 Å². The van der Waals surface area contributed by atoms with Crippen molar-refractivity contribution in [3.05, 3.63) is 60.6 Å². The van der Waals surface area contributed by atoms with E-state index < -0.39 is 11.9 Å². The Hall–Kier alpha value is -3.72. The van der Waals surface area contributed by atoms with E-state index in [-0.39, 0.29) is 0 Å². The molecule has 30 heavy (non-hydrogen) atoms. The maximum Gasteiger partial charge on any atom is 0.356 e. The van der Waals surface area contributed by atoms with Gasteiger partial charge in [0.15, 0.2) is 11.6 Å². The molecule has 1 fully saturated rings. The van der Waals surface area contributed by atoms with E-state index in [1.807, 2.05) is 18.2 Å². The number of aromatic nitrogens is 3. The monoisotopic (exact) mass is 405 g/mol. The molecule has 3 aromatic rings. The average Bonchev–Trinajstić information content (AvgIpc) is 3.10.